The Balaban J connectivity index is 0.557. The van der Waals surface area contributed by atoms with Crippen molar-refractivity contribution in [3.63, 3.8) is 0 Å². The number of halogens is 1. The topological polar surface area (TPSA) is 259 Å². The van der Waals surface area contributed by atoms with Gasteiger partial charge in [-0.15, -0.1) is 27.8 Å². The number of nitrogens with one attached hydrogen (secondary N) is 2. The Hall–Kier alpha value is -8.84. The Morgan fingerprint density at radius 1 is 0.867 bits per heavy atom. The lowest BCUT2D eigenvalue weighted by molar-refractivity contribution is -0.136. The molecule has 90 heavy (non-hydrogen) atoms. The highest BCUT2D eigenvalue weighted by atomic mass is 32.1. The second-order valence-corrected chi connectivity index (χ2v) is 24.0. The summed E-state index contributed by atoms with van der Waals surface area (Å²) in [6, 6.07) is 22.2. The van der Waals surface area contributed by atoms with Crippen molar-refractivity contribution < 1.29 is 61.6 Å². The molecule has 0 bridgehead atoms. The van der Waals surface area contributed by atoms with Crippen LogP contribution in [-0.2, 0) is 72.3 Å². The molecule has 0 aliphatic carbocycles. The number of aryl methyl sites for hydroxylation is 2. The first-order chi connectivity index (χ1) is 43.9. The standard InChI is InChI=1S/C64H66FN11O12S2/c1-84-40-88-63(83)59-54(90-64(69-59)74-26-22-42-10-4-11-44(46(42)38-74)51(77)36-56-67-48-13-2-3-15-53(48)89-56)16-8-31-87-52-20-18-41(35-47(52)65)9-6-24-72-27-29-73(30-28-72)57(79)17-7-25-75-37-43(70-71-75)39-86-34-33-85-32-23-66-49-14-5-12-45-58(49)62(82)76(61(45)81)50-19-21-55(78)68-60(50)80/h2-5,10-15,18,20,35,37,50,66H,7-8,16-17,19,21-34,36,38-40H2,1H3,(H,68,78,80). The van der Waals surface area contributed by atoms with Gasteiger partial charge in [-0.05, 0) is 85.7 Å². The molecule has 4 aliphatic heterocycles. The molecule has 2 fully saturated rings. The Kier molecular flexibility index (Phi) is 20.7. The van der Waals surface area contributed by atoms with Crippen LogP contribution in [0.5, 0.6) is 5.75 Å². The molecule has 0 saturated carbocycles. The number of amides is 5. The number of aromatic nitrogens is 5. The van der Waals surface area contributed by atoms with Gasteiger partial charge < -0.3 is 38.8 Å². The van der Waals surface area contributed by atoms with Crippen LogP contribution in [-0.4, -0.2) is 173 Å². The number of carbonyl (C=O) groups is 7. The average molecular weight is 1260 g/mol. The maximum Gasteiger partial charge on any atom is 0.360 e. The molecule has 26 heteroatoms. The van der Waals surface area contributed by atoms with E-state index >= 15 is 4.39 Å². The van der Waals surface area contributed by atoms with Crippen molar-refractivity contribution in [3.8, 4) is 17.6 Å². The van der Waals surface area contributed by atoms with Gasteiger partial charge in [-0.25, -0.2) is 19.2 Å². The quantitative estimate of drug-likeness (QED) is 0.0144. The van der Waals surface area contributed by atoms with Gasteiger partial charge in [0.05, 0.1) is 73.5 Å². The summed E-state index contributed by atoms with van der Waals surface area (Å²) < 4.78 is 45.7. The number of para-hydroxylation sites is 1. The zero-order valence-corrected chi connectivity index (χ0v) is 51.2. The molecular weight excluding hydrogens is 1200 g/mol. The van der Waals surface area contributed by atoms with E-state index in [0.29, 0.717) is 137 Å². The number of nitrogens with zero attached hydrogens (tertiary/aromatic N) is 9. The molecule has 5 amide bonds. The molecule has 1 atom stereocenters. The number of ketones is 1. The number of piperazine rings is 1. The highest BCUT2D eigenvalue weighted by molar-refractivity contribution is 7.18. The van der Waals surface area contributed by atoms with Gasteiger partial charge in [0.1, 0.15) is 16.7 Å². The molecule has 23 nitrogen and oxygen atoms in total. The fourth-order valence-corrected chi connectivity index (χ4v) is 13.2. The number of esters is 1. The van der Waals surface area contributed by atoms with Gasteiger partial charge in [-0.3, -0.25) is 48.6 Å². The van der Waals surface area contributed by atoms with E-state index in [2.05, 4.69) is 53.6 Å². The Morgan fingerprint density at radius 3 is 2.54 bits per heavy atom. The number of Topliss-reactive ketones (excluding diaryl/α,β-unsaturated/α-hetero) is 1. The molecule has 2 N–H and O–H groups in total. The minimum absolute atomic E-state index is 0.00138. The lowest BCUT2D eigenvalue weighted by Crippen LogP contribution is -2.54. The zero-order valence-electron chi connectivity index (χ0n) is 49.5. The number of ether oxygens (including phenoxy) is 5. The van der Waals surface area contributed by atoms with Gasteiger partial charge in [0.15, 0.2) is 35.0 Å². The van der Waals surface area contributed by atoms with Gasteiger partial charge in [0.2, 0.25) is 17.7 Å². The minimum atomic E-state index is -1.04. The van der Waals surface area contributed by atoms with Gasteiger partial charge in [0.25, 0.3) is 11.8 Å². The van der Waals surface area contributed by atoms with E-state index < -0.39 is 41.5 Å². The molecule has 468 valence electrons. The summed E-state index contributed by atoms with van der Waals surface area (Å²) in [5.74, 6) is 2.95. The molecule has 7 aromatic rings. The molecular formula is C64H66FN11O12S2. The van der Waals surface area contributed by atoms with E-state index in [0.717, 1.165) is 31.3 Å². The normalized spacial score (nSPS) is 15.8. The smallest absolute Gasteiger partial charge is 0.360 e. The monoisotopic (exact) mass is 1260 g/mol. The van der Waals surface area contributed by atoms with Crippen molar-refractivity contribution in [2.45, 2.75) is 77.1 Å². The average Bonchev–Trinajstić information content (AvgIpc) is 1.67. The summed E-state index contributed by atoms with van der Waals surface area (Å²) in [6.07, 6.45) is 4.63. The predicted octanol–water partition coefficient (Wildman–Crippen LogP) is 6.27. The van der Waals surface area contributed by atoms with Crippen molar-refractivity contribution in [1.29, 1.82) is 0 Å². The molecule has 0 spiro atoms. The molecule has 4 aliphatic rings. The summed E-state index contributed by atoms with van der Waals surface area (Å²) in [7, 11) is 1.43. The highest BCUT2D eigenvalue weighted by Crippen LogP contribution is 2.35. The second kappa shape index (κ2) is 29.6. The van der Waals surface area contributed by atoms with Crippen molar-refractivity contribution in [2.75, 3.05) is 96.4 Å². The van der Waals surface area contributed by atoms with E-state index in [9.17, 15) is 33.6 Å². The number of methoxy groups -OCH3 is 1. The third-order valence-electron chi connectivity index (χ3n) is 15.7. The zero-order chi connectivity index (χ0) is 62.5. The summed E-state index contributed by atoms with van der Waals surface area (Å²) in [5.41, 5.74) is 5.73. The fraction of sp³-hybridized carbons (Fsp3) is 0.391. The first-order valence-corrected chi connectivity index (χ1v) is 31.4. The molecule has 11 rings (SSSR count). The maximum atomic E-state index is 15.3. The van der Waals surface area contributed by atoms with Gasteiger partial charge in [0, 0.05) is 94.0 Å². The number of piperidine rings is 1. The molecule has 7 heterocycles. The summed E-state index contributed by atoms with van der Waals surface area (Å²) >= 11 is 2.91. The highest BCUT2D eigenvalue weighted by Gasteiger charge is 2.45. The van der Waals surface area contributed by atoms with Gasteiger partial charge in [-0.1, -0.05) is 53.5 Å². The Bertz CT molecular complexity index is 3860. The van der Waals surface area contributed by atoms with E-state index in [1.165, 1.54) is 41.9 Å². The third-order valence-corrected chi connectivity index (χ3v) is 17.9. The van der Waals surface area contributed by atoms with E-state index in [4.69, 9.17) is 28.7 Å². The minimum Gasteiger partial charge on any atom is -0.491 e. The molecule has 4 aromatic carbocycles. The van der Waals surface area contributed by atoms with Crippen LogP contribution in [0.2, 0.25) is 0 Å². The number of benzene rings is 4. The van der Waals surface area contributed by atoms with Crippen LogP contribution >= 0.6 is 22.7 Å². The van der Waals surface area contributed by atoms with Crippen molar-refractivity contribution in [3.05, 3.63) is 146 Å². The second-order valence-electron chi connectivity index (χ2n) is 21.8. The van der Waals surface area contributed by atoms with Crippen molar-refractivity contribution in [1.82, 2.24) is 45.0 Å². The molecule has 1 unspecified atom stereocenters. The van der Waals surface area contributed by atoms with E-state index in [-0.39, 0.29) is 80.1 Å². The number of thiazole rings is 2. The first-order valence-electron chi connectivity index (χ1n) is 29.8. The van der Waals surface area contributed by atoms with Crippen molar-refractivity contribution in [2.24, 2.45) is 0 Å². The van der Waals surface area contributed by atoms with Gasteiger partial charge >= 0.3 is 5.97 Å². The lowest BCUT2D eigenvalue weighted by atomic mass is 9.92. The van der Waals surface area contributed by atoms with Crippen LogP contribution in [0, 0.1) is 17.7 Å². The largest absolute Gasteiger partial charge is 0.491 e. The number of carbonyl (C=O) groups excluding carboxylic acids is 7. The Morgan fingerprint density at radius 2 is 1.71 bits per heavy atom. The summed E-state index contributed by atoms with van der Waals surface area (Å²) in [6.45, 7) is 5.91. The van der Waals surface area contributed by atoms with E-state index in [1.807, 2.05) is 41.3 Å². The number of anilines is 2. The van der Waals surface area contributed by atoms with Crippen molar-refractivity contribution >= 4 is 85.0 Å². The van der Waals surface area contributed by atoms with Crippen LogP contribution < -0.4 is 20.3 Å². The first kappa shape index (κ1) is 62.8. The van der Waals surface area contributed by atoms with Gasteiger partial charge in [-0.2, -0.15) is 0 Å². The summed E-state index contributed by atoms with van der Waals surface area (Å²) in [5, 5.41) is 15.1. The maximum absolute atomic E-state index is 15.3. The number of fused-ring (bicyclic) bond motifs is 3. The van der Waals surface area contributed by atoms with Crippen LogP contribution in [0.1, 0.15) is 106 Å². The fourth-order valence-electron chi connectivity index (χ4n) is 11.1. The molecule has 3 aromatic heterocycles. The van der Waals surface area contributed by atoms with Crippen LogP contribution in [0.15, 0.2) is 85.1 Å². The Labute approximate surface area is 525 Å². The number of hydrogen-bond acceptors (Lipinski definition) is 21. The molecule has 2 saturated heterocycles. The predicted molar refractivity (Wildman–Crippen MR) is 330 cm³/mol. The molecule has 0 radical (unpaired) electrons. The third kappa shape index (κ3) is 15.2. The number of rotatable bonds is 27. The van der Waals surface area contributed by atoms with Crippen LogP contribution in [0.25, 0.3) is 10.2 Å². The summed E-state index contributed by atoms with van der Waals surface area (Å²) in [4.78, 5) is 108. The number of hydrogen-bond donors (Lipinski definition) is 2. The SMILES string of the molecule is COCOC(=O)c1nc(N2CCc3cccc(C(=O)Cc4nc5ccccc5s4)c3C2)sc1CCCOc1ccc(C#CCN2CCN(C(=O)CCCn3cc(COCCOCCNc4cccc5c4C(=O)N(C4CCC(=O)NC4=O)C5=O)nn3)CC2)cc1F. The van der Waals surface area contributed by atoms with Crippen LogP contribution in [0.4, 0.5) is 15.2 Å². The van der Waals surface area contributed by atoms with E-state index in [1.54, 1.807) is 35.1 Å². The number of imide groups is 2. The lowest BCUT2D eigenvalue weighted by Gasteiger charge is -2.33. The van der Waals surface area contributed by atoms with Crippen LogP contribution in [0.3, 0.4) is 0 Å².